The molecule has 0 saturated carbocycles. The summed E-state index contributed by atoms with van der Waals surface area (Å²) >= 11 is 1.08. The van der Waals surface area contributed by atoms with E-state index in [-0.39, 0.29) is 16.7 Å². The molecule has 0 spiro atoms. The molecule has 3 aromatic carbocycles. The molecule has 0 fully saturated rings. The van der Waals surface area contributed by atoms with Gasteiger partial charge in [-0.15, -0.1) is 0 Å². The van der Waals surface area contributed by atoms with Crippen LogP contribution in [0.5, 0.6) is 0 Å². The van der Waals surface area contributed by atoms with Crippen LogP contribution in [-0.4, -0.2) is 45.1 Å². The fourth-order valence-electron chi connectivity index (χ4n) is 3.26. The van der Waals surface area contributed by atoms with E-state index < -0.39 is 15.9 Å². The van der Waals surface area contributed by atoms with Gasteiger partial charge in [-0.1, -0.05) is 24.3 Å². The van der Waals surface area contributed by atoms with Gasteiger partial charge in [0.05, 0.1) is 10.6 Å². The number of anilines is 2. The average molecular weight is 442 g/mol. The molecule has 0 bridgehead atoms. The molecule has 1 aliphatic rings. The molecule has 0 aromatic heterocycles. The van der Waals surface area contributed by atoms with E-state index in [4.69, 9.17) is 0 Å². The summed E-state index contributed by atoms with van der Waals surface area (Å²) in [4.78, 5) is 26.8. The lowest BCUT2D eigenvalue weighted by Gasteiger charge is -2.18. The summed E-state index contributed by atoms with van der Waals surface area (Å²) in [5.74, 6) is -0.451. The molecular weight excluding hydrogens is 422 g/mol. The fraction of sp³-hybridized carbons (Fsp3) is 0.143. The van der Waals surface area contributed by atoms with Gasteiger partial charge >= 0.3 is 0 Å². The molecule has 7 nitrogen and oxygen atoms in total. The van der Waals surface area contributed by atoms with Gasteiger partial charge in [-0.2, -0.15) is 0 Å². The standard InChI is InChI=1S/C21H19N3O4S2/c1-23(2)21(26)29-16-11-9-15(10-12-16)22-19(25)13-24-17-7-3-5-14-6-4-8-18(20(14)17)30(24,27)28/h3-12H,13H2,1-2H3,(H,22,25). The van der Waals surface area contributed by atoms with Crippen LogP contribution in [0.3, 0.4) is 0 Å². The van der Waals surface area contributed by atoms with Gasteiger partial charge in [-0.25, -0.2) is 8.42 Å². The number of rotatable bonds is 4. The zero-order valence-corrected chi connectivity index (χ0v) is 18.0. The third-order valence-corrected chi connectivity index (χ3v) is 7.53. The van der Waals surface area contributed by atoms with Crippen molar-refractivity contribution in [1.29, 1.82) is 0 Å². The van der Waals surface area contributed by atoms with Crippen molar-refractivity contribution in [3.63, 3.8) is 0 Å². The number of hydrogen-bond donors (Lipinski definition) is 1. The smallest absolute Gasteiger partial charge is 0.285 e. The molecule has 154 valence electrons. The second-order valence-electron chi connectivity index (χ2n) is 6.98. The molecule has 3 aromatic rings. The number of nitrogens with one attached hydrogen (secondary N) is 1. The second-order valence-corrected chi connectivity index (χ2v) is 9.83. The average Bonchev–Trinajstić information content (AvgIpc) is 2.93. The summed E-state index contributed by atoms with van der Waals surface area (Å²) in [6.07, 6.45) is 0. The number of thioether (sulfide) groups is 1. The van der Waals surface area contributed by atoms with E-state index in [2.05, 4.69) is 5.32 Å². The van der Waals surface area contributed by atoms with Crippen molar-refractivity contribution in [2.45, 2.75) is 9.79 Å². The van der Waals surface area contributed by atoms with Gasteiger partial charge in [0.1, 0.15) is 6.54 Å². The highest BCUT2D eigenvalue weighted by Crippen LogP contribution is 2.41. The van der Waals surface area contributed by atoms with Gasteiger partial charge in [-0.3, -0.25) is 13.9 Å². The monoisotopic (exact) mass is 441 g/mol. The SMILES string of the molecule is CN(C)C(=O)Sc1ccc(NC(=O)CN2c3cccc4cccc(c34)S2(=O)=O)cc1. The van der Waals surface area contributed by atoms with Gasteiger partial charge in [0.15, 0.2) is 0 Å². The summed E-state index contributed by atoms with van der Waals surface area (Å²) in [7, 11) is -0.436. The van der Waals surface area contributed by atoms with E-state index in [0.717, 1.165) is 26.3 Å². The Bertz CT molecular complexity index is 1250. The first-order valence-electron chi connectivity index (χ1n) is 9.11. The maximum Gasteiger partial charge on any atom is 0.285 e. The number of carbonyl (C=O) groups excluding carboxylic acids is 2. The van der Waals surface area contributed by atoms with Crippen LogP contribution >= 0.6 is 11.8 Å². The lowest BCUT2D eigenvalue weighted by Crippen LogP contribution is -2.35. The number of nitrogens with zero attached hydrogens (tertiary/aromatic N) is 2. The van der Waals surface area contributed by atoms with Crippen molar-refractivity contribution >= 4 is 55.1 Å². The highest BCUT2D eigenvalue weighted by Gasteiger charge is 2.36. The summed E-state index contributed by atoms with van der Waals surface area (Å²) in [5, 5.41) is 4.08. The van der Waals surface area contributed by atoms with Gasteiger partial charge in [0.2, 0.25) is 5.91 Å². The Kier molecular flexibility index (Phi) is 5.17. The molecule has 1 aliphatic heterocycles. The van der Waals surface area contributed by atoms with E-state index in [9.17, 15) is 18.0 Å². The Hall–Kier alpha value is -3.04. The summed E-state index contributed by atoms with van der Waals surface area (Å²) in [6.45, 7) is -0.328. The predicted molar refractivity (Wildman–Crippen MR) is 118 cm³/mol. The normalized spacial score (nSPS) is 14.0. The van der Waals surface area contributed by atoms with E-state index in [0.29, 0.717) is 16.8 Å². The number of benzene rings is 3. The molecule has 0 saturated heterocycles. The van der Waals surface area contributed by atoms with E-state index in [1.807, 2.05) is 12.1 Å². The van der Waals surface area contributed by atoms with Crippen LogP contribution in [-0.2, 0) is 14.8 Å². The maximum absolute atomic E-state index is 13.0. The lowest BCUT2D eigenvalue weighted by atomic mass is 10.1. The summed E-state index contributed by atoms with van der Waals surface area (Å²) in [6, 6.07) is 17.2. The molecule has 2 amide bonds. The van der Waals surface area contributed by atoms with Crippen molar-refractivity contribution in [2.75, 3.05) is 30.3 Å². The van der Waals surface area contributed by atoms with Crippen LogP contribution in [0.15, 0.2) is 70.5 Å². The van der Waals surface area contributed by atoms with Crippen molar-refractivity contribution in [2.24, 2.45) is 0 Å². The topological polar surface area (TPSA) is 86.8 Å². The Morgan fingerprint density at radius 1 is 1.00 bits per heavy atom. The Morgan fingerprint density at radius 2 is 1.67 bits per heavy atom. The Morgan fingerprint density at radius 3 is 2.33 bits per heavy atom. The third kappa shape index (κ3) is 3.61. The van der Waals surface area contributed by atoms with Crippen LogP contribution in [0, 0.1) is 0 Å². The second kappa shape index (κ2) is 7.66. The van der Waals surface area contributed by atoms with E-state index >= 15 is 0 Å². The van der Waals surface area contributed by atoms with Crippen molar-refractivity contribution in [1.82, 2.24) is 4.90 Å². The van der Waals surface area contributed by atoms with Crippen LogP contribution in [0.2, 0.25) is 0 Å². The van der Waals surface area contributed by atoms with Gasteiger partial charge in [0.25, 0.3) is 15.3 Å². The van der Waals surface area contributed by atoms with Gasteiger partial charge in [0, 0.05) is 30.1 Å². The molecule has 0 aliphatic carbocycles. The molecule has 0 unspecified atom stereocenters. The summed E-state index contributed by atoms with van der Waals surface area (Å²) < 4.78 is 27.1. The van der Waals surface area contributed by atoms with E-state index in [1.54, 1.807) is 62.6 Å². The zero-order valence-electron chi connectivity index (χ0n) is 16.3. The molecule has 1 N–H and O–H groups in total. The Balaban J connectivity index is 1.50. The quantitative estimate of drug-likeness (QED) is 0.623. The minimum atomic E-state index is -3.79. The van der Waals surface area contributed by atoms with Crippen LogP contribution in [0.1, 0.15) is 0 Å². The van der Waals surface area contributed by atoms with Crippen LogP contribution in [0.25, 0.3) is 10.8 Å². The zero-order chi connectivity index (χ0) is 21.5. The molecule has 9 heteroatoms. The van der Waals surface area contributed by atoms with Crippen molar-refractivity contribution in [3.8, 4) is 0 Å². The fourth-order valence-corrected chi connectivity index (χ4v) is 5.58. The first kappa shape index (κ1) is 20.2. The number of carbonyl (C=O) groups is 2. The molecule has 4 rings (SSSR count). The van der Waals surface area contributed by atoms with Gasteiger partial charge in [-0.05, 0) is 53.5 Å². The number of sulfonamides is 1. The first-order valence-corrected chi connectivity index (χ1v) is 11.4. The van der Waals surface area contributed by atoms with Crippen molar-refractivity contribution < 1.29 is 18.0 Å². The molecular formula is C21H19N3O4S2. The number of hydrogen-bond acceptors (Lipinski definition) is 5. The molecule has 0 atom stereocenters. The molecule has 1 heterocycles. The first-order chi connectivity index (χ1) is 14.3. The maximum atomic E-state index is 13.0. The number of amides is 2. The van der Waals surface area contributed by atoms with Gasteiger partial charge < -0.3 is 10.2 Å². The predicted octanol–water partition coefficient (Wildman–Crippen LogP) is 3.76. The molecule has 0 radical (unpaired) electrons. The minimum absolute atomic E-state index is 0.0974. The summed E-state index contributed by atoms with van der Waals surface area (Å²) in [5.41, 5.74) is 1.03. The van der Waals surface area contributed by atoms with Crippen molar-refractivity contribution in [3.05, 3.63) is 60.7 Å². The highest BCUT2D eigenvalue weighted by atomic mass is 32.2. The van der Waals surface area contributed by atoms with Crippen LogP contribution < -0.4 is 9.62 Å². The van der Waals surface area contributed by atoms with E-state index in [1.165, 1.54) is 4.90 Å². The third-order valence-electron chi connectivity index (χ3n) is 4.68. The lowest BCUT2D eigenvalue weighted by molar-refractivity contribution is -0.114. The minimum Gasteiger partial charge on any atom is -0.339 e. The highest BCUT2D eigenvalue weighted by molar-refractivity contribution is 8.13. The van der Waals surface area contributed by atoms with Crippen LogP contribution in [0.4, 0.5) is 16.2 Å². The Labute approximate surface area is 178 Å². The molecule has 30 heavy (non-hydrogen) atoms. The largest absolute Gasteiger partial charge is 0.339 e.